The molecule has 17 heteroatoms. The molecule has 57 heavy (non-hydrogen) atoms. The lowest BCUT2D eigenvalue weighted by Gasteiger charge is -2.19. The van der Waals surface area contributed by atoms with E-state index in [1.807, 2.05) is 0 Å². The van der Waals surface area contributed by atoms with Gasteiger partial charge in [-0.15, -0.1) is 26.3 Å². The molecule has 0 fully saturated rings. The van der Waals surface area contributed by atoms with E-state index in [0.717, 1.165) is 0 Å². The lowest BCUT2D eigenvalue weighted by atomic mass is 10.4. The summed E-state index contributed by atoms with van der Waals surface area (Å²) in [5.74, 6) is -0.223. The van der Waals surface area contributed by atoms with Crippen molar-refractivity contribution < 1.29 is 71.2 Å². The van der Waals surface area contributed by atoms with E-state index >= 15 is 0 Å². The summed E-state index contributed by atoms with van der Waals surface area (Å²) in [4.78, 5) is 27.3. The van der Waals surface area contributed by atoms with Crippen LogP contribution >= 0.6 is 0 Å². The zero-order valence-electron chi connectivity index (χ0n) is 34.4. The molecule has 0 radical (unpaired) electrons. The van der Waals surface area contributed by atoms with Gasteiger partial charge in [0.15, 0.2) is 0 Å². The maximum atomic E-state index is 12.0. The Morgan fingerprint density at radius 2 is 0.421 bits per heavy atom. The van der Waals surface area contributed by atoms with Gasteiger partial charge in [-0.25, -0.2) is 0 Å². The molecule has 0 bridgehead atoms. The monoisotopic (exact) mass is 820 g/mol. The molecule has 0 saturated heterocycles. The van der Waals surface area contributed by atoms with Gasteiger partial charge in [-0.3, -0.25) is 9.59 Å². The third kappa shape index (κ3) is 40.0. The van der Waals surface area contributed by atoms with Crippen molar-refractivity contribution in [1.82, 2.24) is 9.80 Å². The van der Waals surface area contributed by atoms with Crippen LogP contribution in [0.1, 0.15) is 0 Å². The summed E-state index contributed by atoms with van der Waals surface area (Å²) in [6.45, 7) is 27.2. The molecule has 2 amide bonds. The highest BCUT2D eigenvalue weighted by atomic mass is 16.6. The predicted molar refractivity (Wildman–Crippen MR) is 215 cm³/mol. The Kier molecular flexibility index (Phi) is 44.0. The van der Waals surface area contributed by atoms with Crippen LogP contribution in [0.15, 0.2) is 50.6 Å². The van der Waals surface area contributed by atoms with E-state index < -0.39 is 0 Å². The SMILES string of the molecule is C=CCN(CC=C)C(=O)COCCOCCOCCOCCOCCOCCOCCOCCOCCOCCOCCOCCOCC(=O)N(CC=C)CC=C. The molecule has 0 aromatic rings. The van der Waals surface area contributed by atoms with E-state index in [1.165, 1.54) is 0 Å². The normalized spacial score (nSPS) is 11.1. The largest absolute Gasteiger partial charge is 0.377 e. The molecule has 0 aromatic heterocycles. The van der Waals surface area contributed by atoms with Gasteiger partial charge in [-0.1, -0.05) is 24.3 Å². The highest BCUT2D eigenvalue weighted by Crippen LogP contribution is 1.95. The second kappa shape index (κ2) is 46.1. The van der Waals surface area contributed by atoms with Crippen LogP contribution in [-0.2, 0) is 71.2 Å². The molecule has 0 heterocycles. The van der Waals surface area contributed by atoms with E-state index in [4.69, 9.17) is 61.6 Å². The summed E-state index contributed by atoms with van der Waals surface area (Å²) in [6.07, 6.45) is 6.67. The van der Waals surface area contributed by atoms with Gasteiger partial charge in [0.2, 0.25) is 11.8 Å². The van der Waals surface area contributed by atoms with Gasteiger partial charge in [0.1, 0.15) is 13.2 Å². The molecule has 0 saturated carbocycles. The van der Waals surface area contributed by atoms with Gasteiger partial charge in [0.25, 0.3) is 0 Å². The molecule has 0 atom stereocenters. The van der Waals surface area contributed by atoms with Crippen molar-refractivity contribution in [2.24, 2.45) is 0 Å². The Labute approximate surface area is 341 Å². The summed E-state index contributed by atoms with van der Waals surface area (Å²) >= 11 is 0. The number of nitrogens with zero attached hydrogens (tertiary/aromatic N) is 2. The van der Waals surface area contributed by atoms with Crippen molar-refractivity contribution >= 4 is 11.8 Å². The van der Waals surface area contributed by atoms with Gasteiger partial charge in [-0.2, -0.15) is 0 Å². The zero-order chi connectivity index (χ0) is 41.5. The molecular formula is C40H72N2O15. The molecule has 0 rings (SSSR count). The Hall–Kier alpha value is -2.62. The fraction of sp³-hybridized carbons (Fsp3) is 0.750. The minimum absolute atomic E-state index is 0.00142. The molecule has 332 valence electrons. The van der Waals surface area contributed by atoms with Crippen LogP contribution in [0, 0.1) is 0 Å². The first-order valence-electron chi connectivity index (χ1n) is 19.6. The zero-order valence-corrected chi connectivity index (χ0v) is 34.4. The molecule has 0 aliphatic rings. The number of carbonyl (C=O) groups excluding carboxylic acids is 2. The smallest absolute Gasteiger partial charge is 0.249 e. The van der Waals surface area contributed by atoms with Crippen molar-refractivity contribution in [1.29, 1.82) is 0 Å². The number of hydrogen-bond donors (Lipinski definition) is 0. The summed E-state index contributed by atoms with van der Waals surface area (Å²) in [7, 11) is 0. The topological polar surface area (TPSA) is 161 Å². The van der Waals surface area contributed by atoms with Crippen molar-refractivity contribution in [3.05, 3.63) is 50.6 Å². The number of carbonyl (C=O) groups is 2. The first kappa shape index (κ1) is 54.4. The third-order valence-corrected chi connectivity index (χ3v) is 7.02. The van der Waals surface area contributed by atoms with Gasteiger partial charge < -0.3 is 71.4 Å². The van der Waals surface area contributed by atoms with E-state index in [0.29, 0.717) is 185 Å². The summed E-state index contributed by atoms with van der Waals surface area (Å²) in [5, 5.41) is 0. The summed E-state index contributed by atoms with van der Waals surface area (Å²) in [6, 6.07) is 0. The van der Waals surface area contributed by atoms with Crippen LogP contribution in [0.4, 0.5) is 0 Å². The van der Waals surface area contributed by atoms with E-state index in [9.17, 15) is 9.59 Å². The van der Waals surface area contributed by atoms with Gasteiger partial charge >= 0.3 is 0 Å². The van der Waals surface area contributed by atoms with Crippen LogP contribution in [0.2, 0.25) is 0 Å². The van der Waals surface area contributed by atoms with Crippen LogP contribution in [-0.4, -0.2) is 220 Å². The van der Waals surface area contributed by atoms with Crippen molar-refractivity contribution in [3.63, 3.8) is 0 Å². The van der Waals surface area contributed by atoms with Crippen molar-refractivity contribution in [3.8, 4) is 0 Å². The molecule has 0 spiro atoms. The maximum Gasteiger partial charge on any atom is 0.249 e. The minimum atomic E-state index is -0.112. The minimum Gasteiger partial charge on any atom is -0.377 e. The fourth-order valence-corrected chi connectivity index (χ4v) is 4.22. The Bertz CT molecular complexity index is 855. The van der Waals surface area contributed by atoms with Gasteiger partial charge in [-0.05, 0) is 0 Å². The average molecular weight is 821 g/mol. The second-order valence-electron chi connectivity index (χ2n) is 11.6. The van der Waals surface area contributed by atoms with Crippen LogP contribution in [0.3, 0.4) is 0 Å². The number of hydrogen-bond acceptors (Lipinski definition) is 15. The molecular weight excluding hydrogens is 748 g/mol. The Morgan fingerprint density at radius 1 is 0.281 bits per heavy atom. The summed E-state index contributed by atoms with van der Waals surface area (Å²) in [5.41, 5.74) is 0. The van der Waals surface area contributed by atoms with Gasteiger partial charge in [0.05, 0.1) is 159 Å². The summed E-state index contributed by atoms with van der Waals surface area (Å²) < 4.78 is 70.9. The highest BCUT2D eigenvalue weighted by molar-refractivity contribution is 5.78. The Balaban J connectivity index is 3.21. The first-order valence-corrected chi connectivity index (χ1v) is 19.6. The average Bonchev–Trinajstić information content (AvgIpc) is 3.21. The first-order chi connectivity index (χ1) is 28.1. The van der Waals surface area contributed by atoms with E-state index in [1.54, 1.807) is 34.1 Å². The molecule has 0 aromatic carbocycles. The van der Waals surface area contributed by atoms with Crippen LogP contribution < -0.4 is 0 Å². The Morgan fingerprint density at radius 3 is 0.561 bits per heavy atom. The molecule has 0 aliphatic heterocycles. The van der Waals surface area contributed by atoms with E-state index in [2.05, 4.69) is 26.3 Å². The van der Waals surface area contributed by atoms with Crippen molar-refractivity contribution in [2.75, 3.05) is 198 Å². The number of ether oxygens (including phenoxy) is 13. The number of rotatable bonds is 48. The lowest BCUT2D eigenvalue weighted by molar-refractivity contribution is -0.136. The predicted octanol–water partition coefficient (Wildman–Crippen LogP) is 1.60. The molecule has 0 unspecified atom stereocenters. The highest BCUT2D eigenvalue weighted by Gasteiger charge is 2.11. The van der Waals surface area contributed by atoms with Crippen LogP contribution in [0.5, 0.6) is 0 Å². The standard InChI is InChI=1S/C40H72N2O15/c1-5-9-41(10-6-2)39(43)37-56-35-33-54-31-29-52-27-25-50-23-21-48-19-17-46-15-13-45-14-16-47-18-20-49-22-24-51-26-28-53-30-32-55-34-36-57-38-40(44)42(11-7-3)12-8-4/h5-8H,1-4,9-38H2. The fourth-order valence-electron chi connectivity index (χ4n) is 4.22. The maximum absolute atomic E-state index is 12.0. The van der Waals surface area contributed by atoms with Crippen LogP contribution in [0.25, 0.3) is 0 Å². The molecule has 0 aliphatic carbocycles. The van der Waals surface area contributed by atoms with Gasteiger partial charge in [0, 0.05) is 26.2 Å². The lowest BCUT2D eigenvalue weighted by Crippen LogP contribution is -2.34. The molecule has 17 nitrogen and oxygen atoms in total. The van der Waals surface area contributed by atoms with E-state index in [-0.39, 0.29) is 25.0 Å². The quantitative estimate of drug-likeness (QED) is 0.0643. The third-order valence-electron chi connectivity index (χ3n) is 7.02. The van der Waals surface area contributed by atoms with Crippen molar-refractivity contribution in [2.45, 2.75) is 0 Å². The number of amides is 2. The second-order valence-corrected chi connectivity index (χ2v) is 11.6. The molecule has 0 N–H and O–H groups in total.